The van der Waals surface area contributed by atoms with Crippen LogP contribution in [0.25, 0.3) is 0 Å². The molecule has 2 N–H and O–H groups in total. The van der Waals surface area contributed by atoms with Gasteiger partial charge in [-0.2, -0.15) is 0 Å². The first-order chi connectivity index (χ1) is 7.63. The summed E-state index contributed by atoms with van der Waals surface area (Å²) in [5.74, 6) is 0.616. The Morgan fingerprint density at radius 2 is 2.00 bits per heavy atom. The van der Waals surface area contributed by atoms with Gasteiger partial charge in [-0.3, -0.25) is 4.21 Å². The number of hydrogen-bond donors (Lipinski definition) is 1. The van der Waals surface area contributed by atoms with E-state index in [1.165, 1.54) is 0 Å². The molecule has 0 aromatic heterocycles. The Balaban J connectivity index is 3.07. The van der Waals surface area contributed by atoms with E-state index in [4.69, 9.17) is 10.5 Å². The number of ether oxygens (including phenoxy) is 1. The number of anilines is 1. The van der Waals surface area contributed by atoms with Crippen molar-refractivity contribution in [1.82, 2.24) is 0 Å². The van der Waals surface area contributed by atoms with Gasteiger partial charge < -0.3 is 10.5 Å². The maximum absolute atomic E-state index is 12.3. The minimum Gasteiger partial charge on any atom is -0.495 e. The predicted molar refractivity (Wildman–Crippen MR) is 68.2 cm³/mol. The van der Waals surface area contributed by atoms with Crippen LogP contribution in [0.2, 0.25) is 0 Å². The third-order valence-corrected chi connectivity index (χ3v) is 4.66. The van der Waals surface area contributed by atoms with Gasteiger partial charge in [-0.15, -0.1) is 0 Å². The Kier molecular flexibility index (Phi) is 4.80. The first kappa shape index (κ1) is 13.0. The second kappa shape index (κ2) is 5.89. The van der Waals surface area contributed by atoms with Crippen molar-refractivity contribution in [3.05, 3.63) is 18.2 Å². The molecule has 1 unspecified atom stereocenters. The highest BCUT2D eigenvalue weighted by Crippen LogP contribution is 2.28. The third kappa shape index (κ3) is 2.76. The Hall–Kier alpha value is -1.03. The van der Waals surface area contributed by atoms with Gasteiger partial charge in [0.05, 0.1) is 22.8 Å². The van der Waals surface area contributed by atoms with Gasteiger partial charge in [0.15, 0.2) is 0 Å². The van der Waals surface area contributed by atoms with Crippen LogP contribution in [0.15, 0.2) is 23.1 Å². The molecule has 0 aliphatic rings. The molecule has 0 radical (unpaired) electrons. The zero-order valence-electron chi connectivity index (χ0n) is 10.0. The van der Waals surface area contributed by atoms with E-state index in [1.54, 1.807) is 25.3 Å². The number of methoxy groups -OCH3 is 1. The maximum Gasteiger partial charge on any atom is 0.137 e. The second-order valence-electron chi connectivity index (χ2n) is 3.65. The first-order valence-electron chi connectivity index (χ1n) is 5.48. The summed E-state index contributed by atoms with van der Waals surface area (Å²) in [5.41, 5.74) is 6.29. The van der Waals surface area contributed by atoms with Crippen molar-refractivity contribution in [3.63, 3.8) is 0 Å². The fraction of sp³-hybridized carbons (Fsp3) is 0.500. The Morgan fingerprint density at radius 1 is 1.38 bits per heavy atom. The van der Waals surface area contributed by atoms with Gasteiger partial charge in [0.1, 0.15) is 5.75 Å². The van der Waals surface area contributed by atoms with Crippen molar-refractivity contribution in [2.45, 2.75) is 36.8 Å². The lowest BCUT2D eigenvalue weighted by Gasteiger charge is -2.15. The molecule has 0 aliphatic heterocycles. The lowest BCUT2D eigenvalue weighted by molar-refractivity contribution is 0.404. The molecule has 0 aliphatic carbocycles. The van der Waals surface area contributed by atoms with Crippen LogP contribution in [0, 0.1) is 0 Å². The van der Waals surface area contributed by atoms with E-state index in [-0.39, 0.29) is 5.25 Å². The van der Waals surface area contributed by atoms with E-state index in [9.17, 15) is 4.21 Å². The molecule has 1 aromatic carbocycles. The average Bonchev–Trinajstić information content (AvgIpc) is 2.30. The van der Waals surface area contributed by atoms with Gasteiger partial charge >= 0.3 is 0 Å². The van der Waals surface area contributed by atoms with Crippen LogP contribution in [0.4, 0.5) is 5.69 Å². The van der Waals surface area contributed by atoms with E-state index < -0.39 is 10.8 Å². The quantitative estimate of drug-likeness (QED) is 0.806. The molecular weight excluding hydrogens is 222 g/mol. The molecule has 1 atom stereocenters. The molecule has 1 aromatic rings. The summed E-state index contributed by atoms with van der Waals surface area (Å²) in [4.78, 5) is 0.741. The van der Waals surface area contributed by atoms with Crippen LogP contribution in [0.3, 0.4) is 0 Å². The Labute approximate surface area is 99.4 Å². The summed E-state index contributed by atoms with van der Waals surface area (Å²) in [6, 6.07) is 5.27. The fourth-order valence-electron chi connectivity index (χ4n) is 1.62. The van der Waals surface area contributed by atoms with Crippen molar-refractivity contribution < 1.29 is 8.95 Å². The minimum absolute atomic E-state index is 0.178. The normalized spacial score (nSPS) is 12.8. The number of benzene rings is 1. The predicted octanol–water partition coefficient (Wildman–Crippen LogP) is 2.57. The molecule has 0 fully saturated rings. The summed E-state index contributed by atoms with van der Waals surface area (Å²) in [5, 5.41) is 0.178. The van der Waals surface area contributed by atoms with Crippen LogP contribution in [0.5, 0.6) is 5.75 Å². The second-order valence-corrected chi connectivity index (χ2v) is 5.35. The number of hydrogen-bond acceptors (Lipinski definition) is 3. The highest BCUT2D eigenvalue weighted by atomic mass is 32.2. The van der Waals surface area contributed by atoms with Crippen LogP contribution >= 0.6 is 0 Å². The van der Waals surface area contributed by atoms with E-state index in [2.05, 4.69) is 13.8 Å². The highest BCUT2D eigenvalue weighted by Gasteiger charge is 2.18. The number of nitrogen functional groups attached to an aromatic ring is 1. The van der Waals surface area contributed by atoms with Gasteiger partial charge in [0.2, 0.25) is 0 Å². The summed E-state index contributed by atoms with van der Waals surface area (Å²) >= 11 is 0. The SMILES string of the molecule is CCC(CC)S(=O)c1ccc(N)cc1OC. The Morgan fingerprint density at radius 3 is 2.50 bits per heavy atom. The van der Waals surface area contributed by atoms with Gasteiger partial charge in [0.25, 0.3) is 0 Å². The molecule has 90 valence electrons. The summed E-state index contributed by atoms with van der Waals surface area (Å²) in [6.07, 6.45) is 1.80. The number of rotatable bonds is 5. The maximum atomic E-state index is 12.3. The van der Waals surface area contributed by atoms with Gasteiger partial charge in [-0.25, -0.2) is 0 Å². The fourth-order valence-corrected chi connectivity index (χ4v) is 3.13. The first-order valence-corrected chi connectivity index (χ1v) is 6.69. The standard InChI is InChI=1S/C12H19NO2S/c1-4-10(5-2)16(14)12-7-6-9(13)8-11(12)15-3/h6-8,10H,4-5,13H2,1-3H3. The third-order valence-electron chi connectivity index (χ3n) is 2.62. The molecule has 0 amide bonds. The van der Waals surface area contributed by atoms with Crippen LogP contribution in [-0.2, 0) is 10.8 Å². The Bertz CT molecular complexity index is 375. The zero-order chi connectivity index (χ0) is 12.1. The molecule has 0 bridgehead atoms. The van der Waals surface area contributed by atoms with Crippen molar-refractivity contribution in [2.75, 3.05) is 12.8 Å². The molecule has 16 heavy (non-hydrogen) atoms. The van der Waals surface area contributed by atoms with Gasteiger partial charge in [-0.05, 0) is 25.0 Å². The smallest absolute Gasteiger partial charge is 0.137 e. The largest absolute Gasteiger partial charge is 0.495 e. The van der Waals surface area contributed by atoms with E-state index in [0.717, 1.165) is 17.7 Å². The van der Waals surface area contributed by atoms with Crippen molar-refractivity contribution >= 4 is 16.5 Å². The summed E-state index contributed by atoms with van der Waals surface area (Å²) < 4.78 is 17.5. The van der Waals surface area contributed by atoms with Crippen molar-refractivity contribution in [1.29, 1.82) is 0 Å². The topological polar surface area (TPSA) is 52.3 Å². The lowest BCUT2D eigenvalue weighted by atomic mass is 10.3. The molecule has 0 saturated carbocycles. The molecule has 4 heteroatoms. The van der Waals surface area contributed by atoms with Crippen molar-refractivity contribution in [3.8, 4) is 5.75 Å². The number of nitrogens with two attached hydrogens (primary N) is 1. The molecular formula is C12H19NO2S. The monoisotopic (exact) mass is 241 g/mol. The minimum atomic E-state index is -1.02. The van der Waals surface area contributed by atoms with E-state index in [0.29, 0.717) is 11.4 Å². The molecule has 3 nitrogen and oxygen atoms in total. The summed E-state index contributed by atoms with van der Waals surface area (Å²) in [6.45, 7) is 4.10. The van der Waals surface area contributed by atoms with Crippen LogP contribution in [-0.4, -0.2) is 16.6 Å². The van der Waals surface area contributed by atoms with Crippen molar-refractivity contribution in [2.24, 2.45) is 0 Å². The molecule has 0 saturated heterocycles. The molecule has 1 rings (SSSR count). The zero-order valence-corrected chi connectivity index (χ0v) is 10.8. The van der Waals surface area contributed by atoms with Gasteiger partial charge in [-0.1, -0.05) is 13.8 Å². The van der Waals surface area contributed by atoms with Gasteiger partial charge in [0, 0.05) is 17.0 Å². The molecule has 0 heterocycles. The average molecular weight is 241 g/mol. The van der Waals surface area contributed by atoms with Crippen LogP contribution in [0.1, 0.15) is 26.7 Å². The van der Waals surface area contributed by atoms with Crippen LogP contribution < -0.4 is 10.5 Å². The molecule has 0 spiro atoms. The lowest BCUT2D eigenvalue weighted by Crippen LogP contribution is -2.13. The highest BCUT2D eigenvalue weighted by molar-refractivity contribution is 7.85. The van der Waals surface area contributed by atoms with E-state index in [1.807, 2.05) is 0 Å². The summed E-state index contributed by atoms with van der Waals surface area (Å²) in [7, 11) is 0.550. The van der Waals surface area contributed by atoms with E-state index >= 15 is 0 Å².